The first-order valence-corrected chi connectivity index (χ1v) is 8.41. The number of nitrogens with zero attached hydrogens (tertiary/aromatic N) is 3. The van der Waals surface area contributed by atoms with Gasteiger partial charge in [-0.15, -0.1) is 11.3 Å². The molecule has 0 radical (unpaired) electrons. The van der Waals surface area contributed by atoms with Gasteiger partial charge in [0.25, 0.3) is 0 Å². The molecule has 2 aromatic heterocycles. The SMILES string of the molecule is Cc1c(Cl)cccc1NC(=O)Cc1csc(Nc2ncccn2)n1. The van der Waals surface area contributed by atoms with E-state index in [9.17, 15) is 4.79 Å². The van der Waals surface area contributed by atoms with Gasteiger partial charge < -0.3 is 10.6 Å². The van der Waals surface area contributed by atoms with Gasteiger partial charge in [0.05, 0.1) is 12.1 Å². The van der Waals surface area contributed by atoms with Crippen LogP contribution in [0.1, 0.15) is 11.3 Å². The molecule has 0 aliphatic rings. The third-order valence-corrected chi connectivity index (χ3v) is 4.44. The van der Waals surface area contributed by atoms with Crippen LogP contribution in [0.4, 0.5) is 16.8 Å². The second kappa shape index (κ2) is 7.37. The number of aromatic nitrogens is 3. The molecule has 0 spiro atoms. The van der Waals surface area contributed by atoms with Gasteiger partial charge in [0.15, 0.2) is 5.13 Å². The summed E-state index contributed by atoms with van der Waals surface area (Å²) in [5, 5.41) is 8.95. The Morgan fingerprint density at radius 3 is 2.83 bits per heavy atom. The summed E-state index contributed by atoms with van der Waals surface area (Å²) in [6, 6.07) is 7.15. The van der Waals surface area contributed by atoms with Crippen LogP contribution in [0.3, 0.4) is 0 Å². The van der Waals surface area contributed by atoms with Gasteiger partial charge in [0.2, 0.25) is 11.9 Å². The fourth-order valence-corrected chi connectivity index (χ4v) is 2.89. The van der Waals surface area contributed by atoms with Crippen LogP contribution in [0, 0.1) is 6.92 Å². The molecule has 0 saturated heterocycles. The Labute approximate surface area is 148 Å². The highest BCUT2D eigenvalue weighted by Crippen LogP contribution is 2.23. The second-order valence-corrected chi connectivity index (χ2v) is 6.24. The molecular weight excluding hydrogens is 346 g/mol. The lowest BCUT2D eigenvalue weighted by Crippen LogP contribution is -2.15. The molecule has 3 aromatic rings. The van der Waals surface area contributed by atoms with Crippen LogP contribution in [-0.4, -0.2) is 20.9 Å². The Balaban J connectivity index is 1.62. The van der Waals surface area contributed by atoms with E-state index in [0.29, 0.717) is 27.5 Å². The summed E-state index contributed by atoms with van der Waals surface area (Å²) in [7, 11) is 0. The van der Waals surface area contributed by atoms with Crippen LogP contribution in [0.2, 0.25) is 5.02 Å². The lowest BCUT2D eigenvalue weighted by atomic mass is 10.2. The van der Waals surface area contributed by atoms with Crippen LogP contribution in [0.15, 0.2) is 42.0 Å². The van der Waals surface area contributed by atoms with Crippen LogP contribution in [-0.2, 0) is 11.2 Å². The molecular formula is C16H14ClN5OS. The molecule has 3 rings (SSSR count). The van der Waals surface area contributed by atoms with Gasteiger partial charge in [-0.25, -0.2) is 15.0 Å². The molecule has 0 bridgehead atoms. The molecule has 2 N–H and O–H groups in total. The fraction of sp³-hybridized carbons (Fsp3) is 0.125. The fourth-order valence-electron chi connectivity index (χ4n) is 2.01. The maximum absolute atomic E-state index is 12.2. The van der Waals surface area contributed by atoms with Crippen molar-refractivity contribution in [2.24, 2.45) is 0 Å². The summed E-state index contributed by atoms with van der Waals surface area (Å²) in [5.41, 5.74) is 2.23. The van der Waals surface area contributed by atoms with Crippen LogP contribution in [0.25, 0.3) is 0 Å². The van der Waals surface area contributed by atoms with Crippen molar-refractivity contribution in [2.45, 2.75) is 13.3 Å². The Kier molecular flexibility index (Phi) is 5.02. The van der Waals surface area contributed by atoms with Gasteiger partial charge in [-0.1, -0.05) is 17.7 Å². The summed E-state index contributed by atoms with van der Waals surface area (Å²) in [6.45, 7) is 1.86. The predicted octanol–water partition coefficient (Wildman–Crippen LogP) is 3.82. The van der Waals surface area contributed by atoms with Gasteiger partial charge in [0.1, 0.15) is 0 Å². The molecule has 2 heterocycles. The molecule has 0 aliphatic heterocycles. The number of thiazole rings is 1. The van der Waals surface area contributed by atoms with Crippen molar-refractivity contribution in [3.05, 3.63) is 58.3 Å². The third-order valence-electron chi connectivity index (χ3n) is 3.22. The topological polar surface area (TPSA) is 79.8 Å². The molecule has 0 saturated carbocycles. The minimum absolute atomic E-state index is 0.145. The number of hydrogen-bond acceptors (Lipinski definition) is 6. The van der Waals surface area contributed by atoms with E-state index in [1.807, 2.05) is 18.4 Å². The Morgan fingerprint density at radius 2 is 2.04 bits per heavy atom. The number of amides is 1. The highest BCUT2D eigenvalue weighted by Gasteiger charge is 2.10. The number of hydrogen-bond donors (Lipinski definition) is 2. The van der Waals surface area contributed by atoms with E-state index in [-0.39, 0.29) is 12.3 Å². The number of anilines is 3. The lowest BCUT2D eigenvalue weighted by molar-refractivity contribution is -0.115. The zero-order chi connectivity index (χ0) is 16.9. The summed E-state index contributed by atoms with van der Waals surface area (Å²) in [6.07, 6.45) is 3.47. The molecule has 6 nitrogen and oxygen atoms in total. The molecule has 0 unspecified atom stereocenters. The van der Waals surface area contributed by atoms with Gasteiger partial charge in [-0.2, -0.15) is 0 Å². The van der Waals surface area contributed by atoms with Gasteiger partial charge in [-0.3, -0.25) is 4.79 Å². The molecule has 0 atom stereocenters. The van der Waals surface area contributed by atoms with E-state index < -0.39 is 0 Å². The highest BCUT2D eigenvalue weighted by atomic mass is 35.5. The van der Waals surface area contributed by atoms with E-state index >= 15 is 0 Å². The highest BCUT2D eigenvalue weighted by molar-refractivity contribution is 7.13. The number of carbonyl (C=O) groups is 1. The average Bonchev–Trinajstić information content (AvgIpc) is 2.99. The van der Waals surface area contributed by atoms with Gasteiger partial charge in [0, 0.05) is 28.5 Å². The van der Waals surface area contributed by atoms with E-state index in [1.165, 1.54) is 11.3 Å². The van der Waals surface area contributed by atoms with Crippen LogP contribution in [0.5, 0.6) is 0 Å². The summed E-state index contributed by atoms with van der Waals surface area (Å²) < 4.78 is 0. The minimum atomic E-state index is -0.145. The molecule has 8 heteroatoms. The van der Waals surface area contributed by atoms with Crippen molar-refractivity contribution in [3.8, 4) is 0 Å². The maximum atomic E-state index is 12.2. The molecule has 1 aromatic carbocycles. The first kappa shape index (κ1) is 16.4. The predicted molar refractivity (Wildman–Crippen MR) is 96.0 cm³/mol. The van der Waals surface area contributed by atoms with E-state index in [1.54, 1.807) is 30.6 Å². The van der Waals surface area contributed by atoms with E-state index in [0.717, 1.165) is 5.56 Å². The minimum Gasteiger partial charge on any atom is -0.325 e. The molecule has 24 heavy (non-hydrogen) atoms. The summed E-state index contributed by atoms with van der Waals surface area (Å²) >= 11 is 7.45. The van der Waals surface area contributed by atoms with Crippen molar-refractivity contribution in [2.75, 3.05) is 10.6 Å². The third kappa shape index (κ3) is 4.06. The van der Waals surface area contributed by atoms with Crippen LogP contribution >= 0.6 is 22.9 Å². The van der Waals surface area contributed by atoms with Crippen molar-refractivity contribution in [1.82, 2.24) is 15.0 Å². The number of rotatable bonds is 5. The van der Waals surface area contributed by atoms with Crippen molar-refractivity contribution >= 4 is 45.6 Å². The number of benzene rings is 1. The standard InChI is InChI=1S/C16H14ClN5OS/c1-10-12(17)4-2-5-13(10)21-14(23)8-11-9-24-16(20-11)22-15-18-6-3-7-19-15/h2-7,9H,8H2,1H3,(H,21,23)(H,18,19,20,22). The quantitative estimate of drug-likeness (QED) is 0.723. The summed E-state index contributed by atoms with van der Waals surface area (Å²) in [4.78, 5) is 24.7. The van der Waals surface area contributed by atoms with Crippen molar-refractivity contribution in [3.63, 3.8) is 0 Å². The zero-order valence-corrected chi connectivity index (χ0v) is 14.4. The first-order chi connectivity index (χ1) is 11.6. The normalized spacial score (nSPS) is 10.4. The Bertz CT molecular complexity index is 853. The summed E-state index contributed by atoms with van der Waals surface area (Å²) in [5.74, 6) is 0.325. The lowest BCUT2D eigenvalue weighted by Gasteiger charge is -2.08. The maximum Gasteiger partial charge on any atom is 0.230 e. The van der Waals surface area contributed by atoms with Gasteiger partial charge in [-0.05, 0) is 30.7 Å². The van der Waals surface area contributed by atoms with Crippen molar-refractivity contribution in [1.29, 1.82) is 0 Å². The molecule has 1 amide bonds. The van der Waals surface area contributed by atoms with Crippen molar-refractivity contribution < 1.29 is 4.79 Å². The Hall–Kier alpha value is -2.51. The molecule has 0 fully saturated rings. The second-order valence-electron chi connectivity index (χ2n) is 4.98. The zero-order valence-electron chi connectivity index (χ0n) is 12.8. The largest absolute Gasteiger partial charge is 0.325 e. The number of nitrogens with one attached hydrogen (secondary N) is 2. The first-order valence-electron chi connectivity index (χ1n) is 7.15. The van der Waals surface area contributed by atoms with Crippen LogP contribution < -0.4 is 10.6 Å². The van der Waals surface area contributed by atoms with E-state index in [2.05, 4.69) is 25.6 Å². The average molecular weight is 360 g/mol. The number of halogens is 1. The molecule has 0 aliphatic carbocycles. The Morgan fingerprint density at radius 1 is 1.25 bits per heavy atom. The monoisotopic (exact) mass is 359 g/mol. The van der Waals surface area contributed by atoms with E-state index in [4.69, 9.17) is 11.6 Å². The number of carbonyl (C=O) groups excluding carboxylic acids is 1. The van der Waals surface area contributed by atoms with Gasteiger partial charge >= 0.3 is 0 Å². The smallest absolute Gasteiger partial charge is 0.230 e. The molecule has 122 valence electrons.